The molecule has 6 rings (SSSR count). The molecule has 41 heavy (non-hydrogen) atoms. The van der Waals surface area contributed by atoms with Crippen LogP contribution in [0.3, 0.4) is 0 Å². The largest absolute Gasteiger partial charge is 0.673 e. The van der Waals surface area contributed by atoms with Crippen molar-refractivity contribution >= 4 is 30.5 Å². The number of aromatic nitrogens is 4. The Bertz CT molecular complexity index is 1610. The van der Waals surface area contributed by atoms with Gasteiger partial charge in [0.1, 0.15) is 11.4 Å². The second kappa shape index (κ2) is 12.2. The van der Waals surface area contributed by atoms with Gasteiger partial charge >= 0.3 is 13.2 Å². The van der Waals surface area contributed by atoms with Crippen LogP contribution in [0, 0.1) is 0 Å². The summed E-state index contributed by atoms with van der Waals surface area (Å²) in [4.78, 5) is 1.53. The summed E-state index contributed by atoms with van der Waals surface area (Å²) >= 11 is 0. The maximum Gasteiger partial charge on any atom is 0.673 e. The monoisotopic (exact) mass is 560 g/mol. The van der Waals surface area contributed by atoms with Crippen molar-refractivity contribution < 1.29 is 21.9 Å². The molecule has 0 saturated carbocycles. The molecule has 0 bridgehead atoms. The summed E-state index contributed by atoms with van der Waals surface area (Å²) in [5, 5.41) is 26.2. The standard InChI is InChI=1S/C26H21N10.BF4/c1-5-13-21(14-6-1)33-25(29-35(31-33)23-17-9-3-10-18-23)27-28-26-30-36(24-19-11-4-12-20-24)32-34(26)22-15-7-2-8-16-22;2-1(3,4)5/h1-20,31H;/q+1;-1/b28-27+;. The van der Waals surface area contributed by atoms with Crippen molar-refractivity contribution in [1.82, 2.24) is 20.6 Å². The summed E-state index contributed by atoms with van der Waals surface area (Å²) in [7, 11) is -6.00. The number of halogens is 4. The minimum Gasteiger partial charge on any atom is -0.418 e. The maximum absolute atomic E-state index is 9.75. The molecule has 4 aromatic carbocycles. The zero-order valence-electron chi connectivity index (χ0n) is 21.2. The third kappa shape index (κ3) is 7.16. The topological polar surface area (TPSA) is 90.2 Å². The van der Waals surface area contributed by atoms with E-state index in [-0.39, 0.29) is 0 Å². The number of nitrogens with one attached hydrogen (secondary N) is 1. The van der Waals surface area contributed by atoms with Gasteiger partial charge in [0.05, 0.1) is 16.5 Å². The Balaban J connectivity index is 0.000000623. The van der Waals surface area contributed by atoms with Crippen LogP contribution in [-0.4, -0.2) is 28.3 Å². The van der Waals surface area contributed by atoms with E-state index in [9.17, 15) is 17.3 Å². The number of rotatable bonds is 5. The van der Waals surface area contributed by atoms with Crippen molar-refractivity contribution in [2.45, 2.75) is 0 Å². The van der Waals surface area contributed by atoms with E-state index in [0.29, 0.717) is 11.9 Å². The second-order valence-corrected chi connectivity index (χ2v) is 8.27. The Morgan fingerprint density at radius 1 is 0.634 bits per heavy atom. The molecule has 1 aromatic heterocycles. The number of hydrogen-bond donors (Lipinski definition) is 1. The normalized spacial score (nSPS) is 13.2. The lowest BCUT2D eigenvalue weighted by Crippen LogP contribution is -2.43. The number of para-hydroxylation sites is 4. The van der Waals surface area contributed by atoms with Crippen molar-refractivity contribution in [1.29, 1.82) is 0 Å². The predicted molar refractivity (Wildman–Crippen MR) is 146 cm³/mol. The Morgan fingerprint density at radius 3 is 1.68 bits per heavy atom. The summed E-state index contributed by atoms with van der Waals surface area (Å²) in [5.41, 5.74) is 6.59. The lowest BCUT2D eigenvalue weighted by atomic mass is 10.3. The summed E-state index contributed by atoms with van der Waals surface area (Å²) in [6.07, 6.45) is 0. The molecule has 0 atom stereocenters. The van der Waals surface area contributed by atoms with Crippen LogP contribution in [0.25, 0.3) is 11.4 Å². The number of benzene rings is 4. The van der Waals surface area contributed by atoms with Crippen LogP contribution in [0.5, 0.6) is 0 Å². The molecular weight excluding hydrogens is 539 g/mol. The first kappa shape index (κ1) is 27.1. The van der Waals surface area contributed by atoms with Gasteiger partial charge in [-0.25, -0.2) is 5.01 Å². The average Bonchev–Trinajstić information content (AvgIpc) is 3.62. The van der Waals surface area contributed by atoms with Crippen molar-refractivity contribution in [2.24, 2.45) is 15.3 Å². The van der Waals surface area contributed by atoms with Crippen LogP contribution in [0.4, 0.5) is 34.6 Å². The van der Waals surface area contributed by atoms with Crippen molar-refractivity contribution in [3.8, 4) is 11.4 Å². The molecule has 0 fully saturated rings. The van der Waals surface area contributed by atoms with Gasteiger partial charge in [0.2, 0.25) is 0 Å². The third-order valence-corrected chi connectivity index (χ3v) is 5.36. The highest BCUT2D eigenvalue weighted by Crippen LogP contribution is 2.22. The highest BCUT2D eigenvalue weighted by Gasteiger charge is 2.28. The molecule has 1 aliphatic heterocycles. The Kier molecular flexibility index (Phi) is 8.06. The van der Waals surface area contributed by atoms with Gasteiger partial charge in [-0.1, -0.05) is 77.5 Å². The summed E-state index contributed by atoms with van der Waals surface area (Å²) in [6.45, 7) is 0. The number of tetrazole rings is 1. The maximum atomic E-state index is 9.75. The molecule has 0 unspecified atom stereocenters. The Morgan fingerprint density at radius 2 is 1.12 bits per heavy atom. The minimum absolute atomic E-state index is 0.305. The second-order valence-electron chi connectivity index (χ2n) is 8.27. The van der Waals surface area contributed by atoms with Crippen LogP contribution in [0.15, 0.2) is 137 Å². The first-order valence-electron chi connectivity index (χ1n) is 12.2. The van der Waals surface area contributed by atoms with Crippen molar-refractivity contribution in [3.63, 3.8) is 0 Å². The summed E-state index contributed by atoms with van der Waals surface area (Å²) in [5.74, 6) is 0.651. The van der Waals surface area contributed by atoms with Crippen LogP contribution < -0.4 is 20.3 Å². The first-order chi connectivity index (χ1) is 19.8. The number of nitrogens with zero attached hydrogens (tertiary/aromatic N) is 9. The van der Waals surface area contributed by atoms with E-state index in [1.807, 2.05) is 121 Å². The summed E-state index contributed by atoms with van der Waals surface area (Å²) in [6, 6.07) is 38.9. The van der Waals surface area contributed by atoms with Gasteiger partial charge in [-0.3, -0.25) is 0 Å². The lowest BCUT2D eigenvalue weighted by Gasteiger charge is -2.20. The van der Waals surface area contributed by atoms with Gasteiger partial charge in [-0.05, 0) is 58.4 Å². The van der Waals surface area contributed by atoms with Gasteiger partial charge in [0.15, 0.2) is 0 Å². The molecule has 0 spiro atoms. The fourth-order valence-electron chi connectivity index (χ4n) is 3.63. The lowest BCUT2D eigenvalue weighted by molar-refractivity contribution is -0.649. The molecule has 0 saturated heterocycles. The van der Waals surface area contributed by atoms with E-state index in [4.69, 9.17) is 0 Å². The van der Waals surface area contributed by atoms with Crippen molar-refractivity contribution in [2.75, 3.05) is 10.1 Å². The number of hydrazine groups is 2. The number of azo groups is 1. The number of hydrazone groups is 1. The molecule has 0 radical (unpaired) electrons. The Labute approximate surface area is 231 Å². The van der Waals surface area contributed by atoms with Gasteiger partial charge in [0.25, 0.3) is 5.96 Å². The van der Waals surface area contributed by atoms with Gasteiger partial charge in [0, 0.05) is 10.3 Å². The van der Waals surface area contributed by atoms with Gasteiger partial charge < -0.3 is 17.3 Å². The smallest absolute Gasteiger partial charge is 0.418 e. The molecule has 5 aromatic rings. The van der Waals surface area contributed by atoms with Crippen LogP contribution in [0.2, 0.25) is 0 Å². The third-order valence-electron chi connectivity index (χ3n) is 5.36. The Hall–Kier alpha value is -5.44. The molecule has 1 aliphatic rings. The highest BCUT2D eigenvalue weighted by atomic mass is 19.5. The molecule has 2 heterocycles. The van der Waals surface area contributed by atoms with Crippen molar-refractivity contribution in [3.05, 3.63) is 121 Å². The van der Waals surface area contributed by atoms with Gasteiger partial charge in [-0.2, -0.15) is 5.12 Å². The average molecular weight is 560 g/mol. The SMILES string of the molecule is F[B-](F)(F)F.c1ccc(N2N=C(/N=N/c3nn(-c4ccccc4)n[n+]3-c3ccccc3)N(c3ccccc3)N2)cc1. The minimum atomic E-state index is -6.00. The van der Waals surface area contributed by atoms with Crippen LogP contribution in [-0.2, 0) is 0 Å². The van der Waals surface area contributed by atoms with Crippen LogP contribution >= 0.6 is 0 Å². The molecule has 10 nitrogen and oxygen atoms in total. The van der Waals surface area contributed by atoms with Gasteiger partial charge in [-0.15, -0.1) is 10.6 Å². The first-order valence-corrected chi connectivity index (χ1v) is 12.2. The number of anilines is 2. The molecule has 0 amide bonds. The van der Waals surface area contributed by atoms with E-state index < -0.39 is 7.25 Å². The number of hydrogen-bond acceptors (Lipinski definition) is 8. The fraction of sp³-hybridized carbons (Fsp3) is 0. The summed E-state index contributed by atoms with van der Waals surface area (Å²) < 4.78 is 40.6. The zero-order valence-corrected chi connectivity index (χ0v) is 21.2. The molecule has 1 N–H and O–H groups in total. The molecule has 0 aliphatic carbocycles. The zero-order chi connectivity index (χ0) is 28.7. The van der Waals surface area contributed by atoms with Crippen LogP contribution in [0.1, 0.15) is 0 Å². The van der Waals surface area contributed by atoms with E-state index in [2.05, 4.69) is 31.2 Å². The fourth-order valence-corrected chi connectivity index (χ4v) is 3.63. The number of guanidine groups is 1. The van der Waals surface area contributed by atoms with E-state index in [0.717, 1.165) is 22.7 Å². The van der Waals surface area contributed by atoms with E-state index >= 15 is 0 Å². The predicted octanol–water partition coefficient (Wildman–Crippen LogP) is 5.65. The molecule has 15 heteroatoms. The van der Waals surface area contributed by atoms with E-state index in [1.54, 1.807) is 14.8 Å². The molecule has 206 valence electrons. The molecular formula is C26H21BF4N10. The quantitative estimate of drug-likeness (QED) is 0.130. The van der Waals surface area contributed by atoms with E-state index in [1.165, 1.54) is 4.80 Å². The highest BCUT2D eigenvalue weighted by molar-refractivity contribution is 6.50.